The standard InChI is InChI=1S/C11H12.C2H6/c1-9-5-4-7-10-6-2-3-8-11(9)10;1-2/h2-3,5-6,8H,4,7H2,1H3;1-2H3. The van der Waals surface area contributed by atoms with Gasteiger partial charge in [0.05, 0.1) is 0 Å². The Labute approximate surface area is 81.3 Å². The predicted molar refractivity (Wildman–Crippen MR) is 59.8 cm³/mol. The van der Waals surface area contributed by atoms with Gasteiger partial charge in [-0.15, -0.1) is 0 Å². The van der Waals surface area contributed by atoms with E-state index in [0.717, 1.165) is 0 Å². The summed E-state index contributed by atoms with van der Waals surface area (Å²) in [5.74, 6) is 0. The lowest BCUT2D eigenvalue weighted by atomic mass is 9.92. The van der Waals surface area contributed by atoms with Gasteiger partial charge in [0.15, 0.2) is 0 Å². The Hall–Kier alpha value is -1.04. The number of aryl methyl sites for hydroxylation is 1. The lowest BCUT2D eigenvalue weighted by Crippen LogP contribution is -1.96. The SMILES string of the molecule is CC.CC1=CCCc2ccccc21. The molecule has 0 nitrogen and oxygen atoms in total. The topological polar surface area (TPSA) is 0 Å². The number of hydrogen-bond acceptors (Lipinski definition) is 0. The van der Waals surface area contributed by atoms with Crippen molar-refractivity contribution in [3.63, 3.8) is 0 Å². The molecular weight excluding hydrogens is 156 g/mol. The fraction of sp³-hybridized carbons (Fsp3) is 0.385. The van der Waals surface area contributed by atoms with Gasteiger partial charge in [0, 0.05) is 0 Å². The molecule has 0 amide bonds. The smallest absolute Gasteiger partial charge is 0.0198 e. The maximum atomic E-state index is 2.32. The molecule has 0 fully saturated rings. The van der Waals surface area contributed by atoms with Gasteiger partial charge >= 0.3 is 0 Å². The van der Waals surface area contributed by atoms with Crippen LogP contribution >= 0.6 is 0 Å². The van der Waals surface area contributed by atoms with Crippen LogP contribution in [0, 0.1) is 0 Å². The van der Waals surface area contributed by atoms with Crippen molar-refractivity contribution in [3.05, 3.63) is 41.5 Å². The summed E-state index contributed by atoms with van der Waals surface area (Å²) < 4.78 is 0. The Bertz CT molecular complexity index is 295. The Morgan fingerprint density at radius 3 is 2.46 bits per heavy atom. The number of hydrogen-bond donors (Lipinski definition) is 0. The molecule has 0 atom stereocenters. The quantitative estimate of drug-likeness (QED) is 0.556. The second kappa shape index (κ2) is 4.86. The first-order valence-corrected chi connectivity index (χ1v) is 5.13. The zero-order chi connectivity index (χ0) is 9.68. The van der Waals surface area contributed by atoms with Gasteiger partial charge in [-0.3, -0.25) is 0 Å². The molecule has 0 spiro atoms. The molecule has 1 aromatic carbocycles. The highest BCUT2D eigenvalue weighted by Gasteiger charge is 2.06. The summed E-state index contributed by atoms with van der Waals surface area (Å²) in [6.07, 6.45) is 4.75. The third kappa shape index (κ3) is 2.21. The van der Waals surface area contributed by atoms with Crippen molar-refractivity contribution in [2.24, 2.45) is 0 Å². The largest absolute Gasteiger partial charge is 0.0807 e. The van der Waals surface area contributed by atoms with Crippen molar-refractivity contribution < 1.29 is 0 Å². The van der Waals surface area contributed by atoms with E-state index in [-0.39, 0.29) is 0 Å². The van der Waals surface area contributed by atoms with E-state index < -0.39 is 0 Å². The summed E-state index contributed by atoms with van der Waals surface area (Å²) in [7, 11) is 0. The van der Waals surface area contributed by atoms with Crippen LogP contribution in [0.5, 0.6) is 0 Å². The Balaban J connectivity index is 0.000000396. The Morgan fingerprint density at radius 2 is 1.77 bits per heavy atom. The average molecular weight is 174 g/mol. The highest BCUT2D eigenvalue weighted by Crippen LogP contribution is 2.24. The highest BCUT2D eigenvalue weighted by molar-refractivity contribution is 5.68. The van der Waals surface area contributed by atoms with Crippen molar-refractivity contribution in [2.45, 2.75) is 33.6 Å². The number of fused-ring (bicyclic) bond motifs is 1. The van der Waals surface area contributed by atoms with Crippen LogP contribution in [0.2, 0.25) is 0 Å². The molecular formula is C13H18. The third-order valence-corrected chi connectivity index (χ3v) is 2.31. The van der Waals surface area contributed by atoms with E-state index in [1.165, 1.54) is 29.5 Å². The van der Waals surface area contributed by atoms with Gasteiger partial charge in [-0.2, -0.15) is 0 Å². The first-order valence-electron chi connectivity index (χ1n) is 5.13. The molecule has 0 radical (unpaired) electrons. The van der Waals surface area contributed by atoms with Crippen LogP contribution in [-0.4, -0.2) is 0 Å². The molecule has 0 aliphatic heterocycles. The second-order valence-corrected chi connectivity index (χ2v) is 3.08. The minimum absolute atomic E-state index is 1.21. The van der Waals surface area contributed by atoms with E-state index >= 15 is 0 Å². The van der Waals surface area contributed by atoms with Gasteiger partial charge in [0.1, 0.15) is 0 Å². The van der Waals surface area contributed by atoms with E-state index in [9.17, 15) is 0 Å². The normalized spacial score (nSPS) is 13.6. The lowest BCUT2D eigenvalue weighted by Gasteiger charge is -2.13. The summed E-state index contributed by atoms with van der Waals surface area (Å²) in [5, 5.41) is 0. The van der Waals surface area contributed by atoms with Crippen LogP contribution in [-0.2, 0) is 6.42 Å². The number of benzene rings is 1. The molecule has 2 rings (SSSR count). The number of allylic oxidation sites excluding steroid dienone is 2. The molecule has 0 heteroatoms. The Kier molecular flexibility index (Phi) is 3.75. The summed E-state index contributed by atoms with van der Waals surface area (Å²) in [4.78, 5) is 0. The fourth-order valence-electron chi connectivity index (χ4n) is 1.68. The molecule has 1 aromatic rings. The van der Waals surface area contributed by atoms with Gasteiger partial charge in [0.2, 0.25) is 0 Å². The molecule has 13 heavy (non-hydrogen) atoms. The molecule has 0 bridgehead atoms. The zero-order valence-electron chi connectivity index (χ0n) is 8.80. The van der Waals surface area contributed by atoms with Gasteiger partial charge < -0.3 is 0 Å². The van der Waals surface area contributed by atoms with Gasteiger partial charge in [-0.25, -0.2) is 0 Å². The summed E-state index contributed by atoms with van der Waals surface area (Å²) in [6, 6.07) is 8.67. The van der Waals surface area contributed by atoms with Crippen LogP contribution in [0.25, 0.3) is 5.57 Å². The van der Waals surface area contributed by atoms with Crippen molar-refractivity contribution >= 4 is 5.57 Å². The van der Waals surface area contributed by atoms with Gasteiger partial charge in [0.25, 0.3) is 0 Å². The van der Waals surface area contributed by atoms with Crippen LogP contribution in [0.3, 0.4) is 0 Å². The van der Waals surface area contributed by atoms with Crippen LogP contribution in [0.4, 0.5) is 0 Å². The first kappa shape index (κ1) is 10.0. The van der Waals surface area contributed by atoms with E-state index in [0.29, 0.717) is 0 Å². The average Bonchev–Trinajstić information content (AvgIpc) is 2.22. The molecule has 0 N–H and O–H groups in total. The van der Waals surface area contributed by atoms with Crippen LogP contribution < -0.4 is 0 Å². The lowest BCUT2D eigenvalue weighted by molar-refractivity contribution is 0.975. The third-order valence-electron chi connectivity index (χ3n) is 2.31. The molecule has 0 unspecified atom stereocenters. The van der Waals surface area contributed by atoms with E-state index in [4.69, 9.17) is 0 Å². The summed E-state index contributed by atoms with van der Waals surface area (Å²) in [6.45, 7) is 6.19. The van der Waals surface area contributed by atoms with Crippen molar-refractivity contribution in [2.75, 3.05) is 0 Å². The fourth-order valence-corrected chi connectivity index (χ4v) is 1.68. The first-order chi connectivity index (χ1) is 6.38. The minimum atomic E-state index is 1.21. The summed E-state index contributed by atoms with van der Waals surface area (Å²) >= 11 is 0. The second-order valence-electron chi connectivity index (χ2n) is 3.08. The number of rotatable bonds is 0. The van der Waals surface area contributed by atoms with Crippen molar-refractivity contribution in [1.82, 2.24) is 0 Å². The molecule has 1 aliphatic rings. The Morgan fingerprint density at radius 1 is 1.08 bits per heavy atom. The van der Waals surface area contributed by atoms with Gasteiger partial charge in [-0.1, -0.05) is 44.2 Å². The molecule has 0 saturated heterocycles. The minimum Gasteiger partial charge on any atom is -0.0807 e. The summed E-state index contributed by atoms with van der Waals surface area (Å²) in [5.41, 5.74) is 4.39. The molecule has 0 heterocycles. The molecule has 0 saturated carbocycles. The van der Waals surface area contributed by atoms with Crippen LogP contribution in [0.1, 0.15) is 38.3 Å². The molecule has 1 aliphatic carbocycles. The maximum absolute atomic E-state index is 2.32. The van der Waals surface area contributed by atoms with Crippen LogP contribution in [0.15, 0.2) is 30.3 Å². The monoisotopic (exact) mass is 174 g/mol. The van der Waals surface area contributed by atoms with Gasteiger partial charge in [-0.05, 0) is 36.5 Å². The predicted octanol–water partition coefficient (Wildman–Crippen LogP) is 4.06. The van der Waals surface area contributed by atoms with E-state index in [1.807, 2.05) is 13.8 Å². The van der Waals surface area contributed by atoms with Crippen molar-refractivity contribution in [1.29, 1.82) is 0 Å². The highest BCUT2D eigenvalue weighted by atomic mass is 14.1. The maximum Gasteiger partial charge on any atom is -0.0198 e. The van der Waals surface area contributed by atoms with E-state index in [1.54, 1.807) is 0 Å². The van der Waals surface area contributed by atoms with Crippen molar-refractivity contribution in [3.8, 4) is 0 Å². The van der Waals surface area contributed by atoms with E-state index in [2.05, 4.69) is 37.3 Å². The molecule has 0 aromatic heterocycles. The molecule has 70 valence electrons. The zero-order valence-corrected chi connectivity index (χ0v) is 8.80.